The Hall–Kier alpha value is -1.84. The highest BCUT2D eigenvalue weighted by Crippen LogP contribution is 2.19. The number of hydrogen-bond acceptors (Lipinski definition) is 3. The molecule has 0 aromatic heterocycles. The fraction of sp³-hybridized carbons (Fsp3) is 0.467. The maximum absolute atomic E-state index is 12.3. The lowest BCUT2D eigenvalue weighted by Gasteiger charge is -2.23. The van der Waals surface area contributed by atoms with E-state index in [-0.39, 0.29) is 11.9 Å². The van der Waals surface area contributed by atoms with Gasteiger partial charge in [0.25, 0.3) is 0 Å². The van der Waals surface area contributed by atoms with E-state index in [2.05, 4.69) is 0 Å². The number of amides is 1. The average Bonchev–Trinajstić information content (AvgIpc) is 2.89. The lowest BCUT2D eigenvalue weighted by Crippen LogP contribution is -2.42. The number of carbonyl (C=O) groups excluding carboxylic acids is 2. The van der Waals surface area contributed by atoms with Gasteiger partial charge in [0, 0.05) is 6.54 Å². The maximum atomic E-state index is 12.3. The molecule has 2 rings (SSSR count). The van der Waals surface area contributed by atoms with Crippen molar-refractivity contribution in [3.05, 3.63) is 35.9 Å². The van der Waals surface area contributed by atoms with Gasteiger partial charge >= 0.3 is 5.97 Å². The molecule has 1 aliphatic heterocycles. The second-order valence-electron chi connectivity index (χ2n) is 4.66. The quantitative estimate of drug-likeness (QED) is 0.776. The van der Waals surface area contributed by atoms with E-state index < -0.39 is 6.04 Å². The van der Waals surface area contributed by atoms with Crippen LogP contribution in [0.1, 0.15) is 25.3 Å². The van der Waals surface area contributed by atoms with E-state index in [1.807, 2.05) is 30.3 Å². The average molecular weight is 261 g/mol. The van der Waals surface area contributed by atoms with E-state index in [1.54, 1.807) is 11.8 Å². The van der Waals surface area contributed by atoms with Crippen LogP contribution in [-0.2, 0) is 20.7 Å². The smallest absolute Gasteiger partial charge is 0.328 e. The molecule has 1 amide bonds. The minimum absolute atomic E-state index is 0.00162. The zero-order valence-corrected chi connectivity index (χ0v) is 11.2. The molecule has 1 saturated heterocycles. The Kier molecular flexibility index (Phi) is 4.55. The first-order valence-electron chi connectivity index (χ1n) is 6.72. The van der Waals surface area contributed by atoms with Crippen molar-refractivity contribution in [2.45, 2.75) is 32.2 Å². The SMILES string of the molecule is CCOC(=O)[C@@H]1CCCN1C(=O)Cc1ccccc1. The lowest BCUT2D eigenvalue weighted by molar-refractivity contribution is -0.152. The monoisotopic (exact) mass is 261 g/mol. The summed E-state index contributed by atoms with van der Waals surface area (Å²) in [7, 11) is 0. The molecule has 0 aliphatic carbocycles. The van der Waals surface area contributed by atoms with Crippen LogP contribution in [0.2, 0.25) is 0 Å². The van der Waals surface area contributed by atoms with Gasteiger partial charge in [-0.2, -0.15) is 0 Å². The molecule has 102 valence electrons. The van der Waals surface area contributed by atoms with Crippen LogP contribution in [0.15, 0.2) is 30.3 Å². The second-order valence-corrected chi connectivity index (χ2v) is 4.66. The number of hydrogen-bond donors (Lipinski definition) is 0. The van der Waals surface area contributed by atoms with Crippen LogP contribution >= 0.6 is 0 Å². The molecule has 19 heavy (non-hydrogen) atoms. The van der Waals surface area contributed by atoms with Crippen molar-refractivity contribution in [3.63, 3.8) is 0 Å². The number of benzene rings is 1. The largest absolute Gasteiger partial charge is 0.464 e. The molecule has 4 heteroatoms. The van der Waals surface area contributed by atoms with Crippen LogP contribution in [0.4, 0.5) is 0 Å². The molecule has 0 bridgehead atoms. The van der Waals surface area contributed by atoms with Crippen molar-refractivity contribution in [3.8, 4) is 0 Å². The molecule has 1 aromatic carbocycles. The summed E-state index contributed by atoms with van der Waals surface area (Å²) in [6.07, 6.45) is 1.92. The minimum Gasteiger partial charge on any atom is -0.464 e. The predicted molar refractivity (Wildman–Crippen MR) is 71.5 cm³/mol. The Morgan fingerprint density at radius 2 is 2.05 bits per heavy atom. The van der Waals surface area contributed by atoms with Crippen molar-refractivity contribution in [1.29, 1.82) is 0 Å². The predicted octanol–water partition coefficient (Wildman–Crippen LogP) is 1.78. The third kappa shape index (κ3) is 3.34. The zero-order valence-electron chi connectivity index (χ0n) is 11.2. The summed E-state index contributed by atoms with van der Waals surface area (Å²) in [5, 5.41) is 0. The van der Waals surface area contributed by atoms with E-state index in [4.69, 9.17) is 4.74 Å². The standard InChI is InChI=1S/C15H19NO3/c1-2-19-15(18)13-9-6-10-16(13)14(17)11-12-7-4-3-5-8-12/h3-5,7-8,13H,2,6,9-11H2,1H3/t13-/m0/s1. The van der Waals surface area contributed by atoms with Crippen molar-refractivity contribution in [2.75, 3.05) is 13.2 Å². The summed E-state index contributed by atoms with van der Waals surface area (Å²) >= 11 is 0. The van der Waals surface area contributed by atoms with Crippen LogP contribution in [0.3, 0.4) is 0 Å². The molecular formula is C15H19NO3. The molecule has 0 saturated carbocycles. The number of ether oxygens (including phenoxy) is 1. The van der Waals surface area contributed by atoms with E-state index in [0.717, 1.165) is 12.0 Å². The van der Waals surface area contributed by atoms with Crippen LogP contribution in [0.25, 0.3) is 0 Å². The molecule has 1 aromatic rings. The van der Waals surface area contributed by atoms with Crippen LogP contribution in [0.5, 0.6) is 0 Å². The Morgan fingerprint density at radius 3 is 2.74 bits per heavy atom. The first kappa shape index (κ1) is 13.6. The molecule has 1 aliphatic rings. The molecule has 0 spiro atoms. The van der Waals surface area contributed by atoms with E-state index >= 15 is 0 Å². The second kappa shape index (κ2) is 6.36. The minimum atomic E-state index is -0.392. The Morgan fingerprint density at radius 1 is 1.32 bits per heavy atom. The summed E-state index contributed by atoms with van der Waals surface area (Å²) in [5.74, 6) is -0.275. The summed E-state index contributed by atoms with van der Waals surface area (Å²) in [4.78, 5) is 25.7. The summed E-state index contributed by atoms with van der Waals surface area (Å²) in [5.41, 5.74) is 0.974. The number of nitrogens with zero attached hydrogens (tertiary/aromatic N) is 1. The lowest BCUT2D eigenvalue weighted by atomic mass is 10.1. The van der Waals surface area contributed by atoms with Gasteiger partial charge in [-0.1, -0.05) is 30.3 Å². The Labute approximate surface area is 113 Å². The van der Waals surface area contributed by atoms with E-state index in [0.29, 0.717) is 26.0 Å². The first-order chi connectivity index (χ1) is 9.22. The topological polar surface area (TPSA) is 46.6 Å². The van der Waals surface area contributed by atoms with Gasteiger partial charge in [-0.05, 0) is 25.3 Å². The van der Waals surface area contributed by atoms with Gasteiger partial charge in [-0.25, -0.2) is 4.79 Å². The molecule has 4 nitrogen and oxygen atoms in total. The molecule has 0 radical (unpaired) electrons. The van der Waals surface area contributed by atoms with E-state index in [1.165, 1.54) is 0 Å². The summed E-state index contributed by atoms with van der Waals surface area (Å²) in [6, 6.07) is 9.20. The summed E-state index contributed by atoms with van der Waals surface area (Å²) in [6.45, 7) is 2.79. The molecule has 0 N–H and O–H groups in total. The van der Waals surface area contributed by atoms with Gasteiger partial charge in [0.05, 0.1) is 13.0 Å². The van der Waals surface area contributed by atoms with Gasteiger partial charge < -0.3 is 9.64 Å². The van der Waals surface area contributed by atoms with Gasteiger partial charge in [-0.15, -0.1) is 0 Å². The molecule has 1 atom stereocenters. The van der Waals surface area contributed by atoms with Gasteiger partial charge in [0.2, 0.25) is 5.91 Å². The highest BCUT2D eigenvalue weighted by molar-refractivity contribution is 5.86. The first-order valence-corrected chi connectivity index (χ1v) is 6.72. The van der Waals surface area contributed by atoms with Crippen LogP contribution in [-0.4, -0.2) is 36.0 Å². The van der Waals surface area contributed by atoms with Crippen molar-refractivity contribution in [1.82, 2.24) is 4.90 Å². The third-order valence-electron chi connectivity index (χ3n) is 3.33. The van der Waals surface area contributed by atoms with Crippen molar-refractivity contribution >= 4 is 11.9 Å². The fourth-order valence-corrected chi connectivity index (χ4v) is 2.42. The number of likely N-dealkylation sites (tertiary alicyclic amines) is 1. The highest BCUT2D eigenvalue weighted by atomic mass is 16.5. The van der Waals surface area contributed by atoms with Gasteiger partial charge in [0.15, 0.2) is 0 Å². The summed E-state index contributed by atoms with van der Waals surface area (Å²) < 4.78 is 5.02. The Balaban J connectivity index is 2.00. The van der Waals surface area contributed by atoms with Crippen molar-refractivity contribution < 1.29 is 14.3 Å². The molecular weight excluding hydrogens is 242 g/mol. The van der Waals surface area contributed by atoms with E-state index in [9.17, 15) is 9.59 Å². The molecule has 0 unspecified atom stereocenters. The van der Waals surface area contributed by atoms with Crippen molar-refractivity contribution in [2.24, 2.45) is 0 Å². The molecule has 1 fully saturated rings. The normalized spacial score (nSPS) is 18.4. The number of esters is 1. The van der Waals surface area contributed by atoms with Crippen LogP contribution in [0, 0.1) is 0 Å². The fourth-order valence-electron chi connectivity index (χ4n) is 2.42. The third-order valence-corrected chi connectivity index (χ3v) is 3.33. The number of carbonyl (C=O) groups is 2. The highest BCUT2D eigenvalue weighted by Gasteiger charge is 2.34. The van der Waals surface area contributed by atoms with Gasteiger partial charge in [0.1, 0.15) is 6.04 Å². The Bertz CT molecular complexity index is 444. The maximum Gasteiger partial charge on any atom is 0.328 e. The zero-order chi connectivity index (χ0) is 13.7. The number of rotatable bonds is 4. The van der Waals surface area contributed by atoms with Crippen LogP contribution < -0.4 is 0 Å². The van der Waals surface area contributed by atoms with Gasteiger partial charge in [-0.3, -0.25) is 4.79 Å². The molecule has 1 heterocycles.